The summed E-state index contributed by atoms with van der Waals surface area (Å²) in [5, 5.41) is 11.6. The summed E-state index contributed by atoms with van der Waals surface area (Å²) in [7, 11) is 0. The van der Waals surface area contributed by atoms with Crippen molar-refractivity contribution in [3.63, 3.8) is 0 Å². The number of ether oxygens (including phenoxy) is 1. The Balaban J connectivity index is 1.98. The van der Waals surface area contributed by atoms with Crippen LogP contribution in [0.5, 0.6) is 0 Å². The number of aromatic nitrogens is 4. The summed E-state index contributed by atoms with van der Waals surface area (Å²) in [4.78, 5) is 32.7. The number of carbonyl (C=O) groups excluding carboxylic acids is 2. The molecule has 1 amide bonds. The summed E-state index contributed by atoms with van der Waals surface area (Å²) in [5.74, 6) is -0.561. The van der Waals surface area contributed by atoms with E-state index >= 15 is 0 Å². The van der Waals surface area contributed by atoms with Crippen LogP contribution in [0.15, 0.2) is 11.2 Å². The highest BCUT2D eigenvalue weighted by molar-refractivity contribution is 8.00. The van der Waals surface area contributed by atoms with Gasteiger partial charge in [0.15, 0.2) is 5.16 Å². The van der Waals surface area contributed by atoms with E-state index in [1.165, 1.54) is 11.8 Å². The average Bonchev–Trinajstić information content (AvgIpc) is 2.98. The maximum Gasteiger partial charge on any atom is 0.312 e. The van der Waals surface area contributed by atoms with Crippen LogP contribution in [0.4, 0.5) is 5.13 Å². The van der Waals surface area contributed by atoms with Gasteiger partial charge in [0.25, 0.3) is 0 Å². The molecule has 0 radical (unpaired) electrons. The van der Waals surface area contributed by atoms with E-state index in [1.54, 1.807) is 6.92 Å². The number of rotatable bonds is 8. The maximum absolute atomic E-state index is 12.5. The fraction of sp³-hybridized carbons (Fsp3) is 0.500. The molecule has 2 aromatic rings. The van der Waals surface area contributed by atoms with E-state index in [4.69, 9.17) is 4.74 Å². The van der Waals surface area contributed by atoms with Crippen molar-refractivity contribution < 1.29 is 14.3 Å². The van der Waals surface area contributed by atoms with Crippen LogP contribution in [0.3, 0.4) is 0 Å². The minimum atomic E-state index is -0.365. The Bertz CT molecular complexity index is 761. The molecule has 1 N–H and O–H groups in total. The average molecular weight is 396 g/mol. The van der Waals surface area contributed by atoms with Gasteiger partial charge in [0, 0.05) is 11.4 Å². The lowest BCUT2D eigenvalue weighted by Gasteiger charge is -2.12. The molecule has 0 unspecified atom stereocenters. The van der Waals surface area contributed by atoms with Gasteiger partial charge in [0.1, 0.15) is 5.01 Å². The number of nitrogens with one attached hydrogen (secondary N) is 1. The molecule has 0 spiro atoms. The van der Waals surface area contributed by atoms with Crippen LogP contribution < -0.4 is 5.32 Å². The topological polar surface area (TPSA) is 107 Å². The van der Waals surface area contributed by atoms with Crippen LogP contribution in [-0.2, 0) is 20.7 Å². The second kappa shape index (κ2) is 9.58. The van der Waals surface area contributed by atoms with Crippen molar-refractivity contribution >= 4 is 40.1 Å². The molecule has 10 heteroatoms. The van der Waals surface area contributed by atoms with Crippen LogP contribution in [-0.4, -0.2) is 43.9 Å². The first-order valence-electron chi connectivity index (χ1n) is 8.19. The molecule has 0 saturated heterocycles. The Hall–Kier alpha value is -2.07. The lowest BCUT2D eigenvalue weighted by atomic mass is 10.3. The summed E-state index contributed by atoms with van der Waals surface area (Å²) in [6, 6.07) is 1.89. The van der Waals surface area contributed by atoms with Crippen molar-refractivity contribution in [2.75, 3.05) is 11.9 Å². The molecule has 2 aromatic heterocycles. The van der Waals surface area contributed by atoms with Crippen molar-refractivity contribution in [2.24, 2.45) is 0 Å². The van der Waals surface area contributed by atoms with Crippen molar-refractivity contribution in [1.82, 2.24) is 20.2 Å². The lowest BCUT2D eigenvalue weighted by Crippen LogP contribution is -2.24. The van der Waals surface area contributed by atoms with E-state index in [0.29, 0.717) is 28.3 Å². The minimum absolute atomic E-state index is 0.0454. The zero-order valence-corrected chi connectivity index (χ0v) is 16.7. The van der Waals surface area contributed by atoms with Gasteiger partial charge in [-0.2, -0.15) is 0 Å². The quantitative estimate of drug-likeness (QED) is 0.413. The number of hydrogen-bond donors (Lipinski definition) is 1. The largest absolute Gasteiger partial charge is 0.466 e. The third-order valence-corrected chi connectivity index (χ3v) is 5.23. The van der Waals surface area contributed by atoms with Crippen molar-refractivity contribution in [2.45, 2.75) is 50.9 Å². The predicted molar refractivity (Wildman–Crippen MR) is 100 cm³/mol. The molecule has 26 heavy (non-hydrogen) atoms. The van der Waals surface area contributed by atoms with Gasteiger partial charge in [0.05, 0.1) is 18.3 Å². The fourth-order valence-corrected chi connectivity index (χ4v) is 3.80. The van der Waals surface area contributed by atoms with E-state index in [0.717, 1.165) is 22.7 Å². The Morgan fingerprint density at radius 3 is 2.54 bits per heavy atom. The molecule has 2 rings (SSSR count). The number of amides is 1. The molecule has 8 nitrogen and oxygen atoms in total. The van der Waals surface area contributed by atoms with Crippen LogP contribution in [0, 0.1) is 13.8 Å². The van der Waals surface area contributed by atoms with Gasteiger partial charge in [-0.3, -0.25) is 14.9 Å². The van der Waals surface area contributed by atoms with E-state index in [-0.39, 0.29) is 23.5 Å². The Morgan fingerprint density at radius 2 is 1.92 bits per heavy atom. The van der Waals surface area contributed by atoms with Crippen LogP contribution in [0.2, 0.25) is 0 Å². The Kier molecular flexibility index (Phi) is 7.46. The number of anilines is 1. The van der Waals surface area contributed by atoms with Gasteiger partial charge in [-0.25, -0.2) is 9.97 Å². The molecule has 1 atom stereocenters. The number of carbonyl (C=O) groups is 2. The van der Waals surface area contributed by atoms with Gasteiger partial charge in [0.2, 0.25) is 11.0 Å². The zero-order valence-electron chi connectivity index (χ0n) is 15.1. The fourth-order valence-electron chi connectivity index (χ4n) is 2.09. The normalized spacial score (nSPS) is 11.8. The number of hydrogen-bond acceptors (Lipinski definition) is 9. The molecule has 0 fully saturated rings. The third kappa shape index (κ3) is 6.03. The highest BCUT2D eigenvalue weighted by Gasteiger charge is 2.21. The number of aryl methyl sites for hydroxylation is 2. The monoisotopic (exact) mass is 395 g/mol. The molecule has 0 aliphatic rings. The smallest absolute Gasteiger partial charge is 0.312 e. The van der Waals surface area contributed by atoms with Gasteiger partial charge >= 0.3 is 5.97 Å². The Labute approximate surface area is 160 Å². The molecule has 0 aliphatic carbocycles. The van der Waals surface area contributed by atoms with Crippen LogP contribution in [0.1, 0.15) is 36.7 Å². The standard InChI is InChI=1S/C16H21N5O3S2/c1-5-11(25-15-17-9(3)7-10(4)18-15)14(23)19-16-21-20-12(26-16)8-13(22)24-6-2/h7,11H,5-6,8H2,1-4H3,(H,19,21,23)/t11-/m1/s1. The highest BCUT2D eigenvalue weighted by Crippen LogP contribution is 2.25. The summed E-state index contributed by atoms with van der Waals surface area (Å²) in [6.45, 7) is 7.77. The van der Waals surface area contributed by atoms with Gasteiger partial charge < -0.3 is 4.74 Å². The highest BCUT2D eigenvalue weighted by atomic mass is 32.2. The van der Waals surface area contributed by atoms with E-state index in [9.17, 15) is 9.59 Å². The lowest BCUT2D eigenvalue weighted by molar-refractivity contribution is -0.142. The first-order chi connectivity index (χ1) is 12.4. The first kappa shape index (κ1) is 20.2. The molecule has 0 saturated carbocycles. The van der Waals surface area contributed by atoms with Crippen molar-refractivity contribution in [3.8, 4) is 0 Å². The third-order valence-electron chi connectivity index (χ3n) is 3.17. The molecular formula is C16H21N5O3S2. The van der Waals surface area contributed by atoms with E-state index in [1.807, 2.05) is 26.8 Å². The zero-order chi connectivity index (χ0) is 19.1. The van der Waals surface area contributed by atoms with E-state index < -0.39 is 0 Å². The SMILES string of the molecule is CCOC(=O)Cc1nnc(NC(=O)[C@@H](CC)Sc2nc(C)cc(C)n2)s1. The summed E-state index contributed by atoms with van der Waals surface area (Å²) in [6.07, 6.45) is 0.658. The first-order valence-corrected chi connectivity index (χ1v) is 9.88. The summed E-state index contributed by atoms with van der Waals surface area (Å²) in [5.41, 5.74) is 1.73. The maximum atomic E-state index is 12.5. The number of esters is 1. The van der Waals surface area contributed by atoms with Crippen molar-refractivity contribution in [3.05, 3.63) is 22.5 Å². The van der Waals surface area contributed by atoms with Crippen LogP contribution >= 0.6 is 23.1 Å². The molecule has 0 bridgehead atoms. The molecular weight excluding hydrogens is 374 g/mol. The van der Waals surface area contributed by atoms with Crippen LogP contribution in [0.25, 0.3) is 0 Å². The second-order valence-corrected chi connectivity index (χ2v) is 7.65. The second-order valence-electron chi connectivity index (χ2n) is 5.42. The predicted octanol–water partition coefficient (Wildman–Crippen LogP) is 2.56. The van der Waals surface area contributed by atoms with E-state index in [2.05, 4.69) is 25.5 Å². The van der Waals surface area contributed by atoms with Gasteiger partial charge in [-0.15, -0.1) is 10.2 Å². The number of thioether (sulfide) groups is 1. The van der Waals surface area contributed by atoms with Gasteiger partial charge in [-0.1, -0.05) is 30.0 Å². The molecule has 0 aliphatic heterocycles. The summed E-state index contributed by atoms with van der Waals surface area (Å²) < 4.78 is 4.87. The molecule has 140 valence electrons. The summed E-state index contributed by atoms with van der Waals surface area (Å²) >= 11 is 2.48. The van der Waals surface area contributed by atoms with Crippen molar-refractivity contribution in [1.29, 1.82) is 0 Å². The molecule has 0 aromatic carbocycles. The van der Waals surface area contributed by atoms with Gasteiger partial charge in [-0.05, 0) is 33.3 Å². The minimum Gasteiger partial charge on any atom is -0.466 e. The number of nitrogens with zero attached hydrogens (tertiary/aromatic N) is 4. The molecule has 2 heterocycles. The Morgan fingerprint density at radius 1 is 1.23 bits per heavy atom.